The number of carbonyl (C=O) groups is 2. The minimum Gasteiger partial charge on any atom is -0.477 e. The number of anilines is 1. The lowest BCUT2D eigenvalue weighted by molar-refractivity contribution is 0.0680. The average Bonchev–Trinajstić information content (AvgIpc) is 3.17. The van der Waals surface area contributed by atoms with Gasteiger partial charge >= 0.3 is 5.97 Å². The highest BCUT2D eigenvalue weighted by Gasteiger charge is 2.23. The van der Waals surface area contributed by atoms with Crippen LogP contribution in [0.1, 0.15) is 37.8 Å². The lowest BCUT2D eigenvalue weighted by Crippen LogP contribution is -2.18. The molecule has 1 aromatic carbocycles. The van der Waals surface area contributed by atoms with Gasteiger partial charge in [0.1, 0.15) is 5.75 Å². The van der Waals surface area contributed by atoms with E-state index < -0.39 is 11.9 Å². The zero-order valence-electron chi connectivity index (χ0n) is 16.4. The number of ether oxygens (including phenoxy) is 1. The monoisotopic (exact) mass is 417 g/mol. The molecule has 29 heavy (non-hydrogen) atoms. The lowest BCUT2D eigenvalue weighted by Gasteiger charge is -2.10. The highest BCUT2D eigenvalue weighted by Crippen LogP contribution is 2.24. The minimum atomic E-state index is -1.23. The molecule has 2 aromatic heterocycles. The third-order valence-electron chi connectivity index (χ3n) is 4.49. The van der Waals surface area contributed by atoms with Gasteiger partial charge in [0.25, 0.3) is 5.91 Å². The number of benzene rings is 1. The first-order valence-electron chi connectivity index (χ1n) is 8.68. The van der Waals surface area contributed by atoms with Crippen LogP contribution in [0.5, 0.6) is 5.75 Å². The number of nitrogens with zero attached hydrogens (tertiary/aromatic N) is 4. The van der Waals surface area contributed by atoms with Crippen LogP contribution in [-0.2, 0) is 13.8 Å². The van der Waals surface area contributed by atoms with Crippen LogP contribution in [0.15, 0.2) is 24.4 Å². The van der Waals surface area contributed by atoms with E-state index in [0.29, 0.717) is 27.8 Å². The Bertz CT molecular complexity index is 1100. The van der Waals surface area contributed by atoms with E-state index in [1.165, 1.54) is 13.2 Å². The van der Waals surface area contributed by atoms with E-state index in [9.17, 15) is 14.7 Å². The molecule has 0 aliphatic heterocycles. The number of hydrogen-bond acceptors (Lipinski definition) is 5. The Kier molecular flexibility index (Phi) is 5.60. The van der Waals surface area contributed by atoms with Crippen LogP contribution in [0, 0.1) is 20.8 Å². The van der Waals surface area contributed by atoms with Crippen molar-refractivity contribution in [1.82, 2.24) is 19.6 Å². The molecule has 0 bridgehead atoms. The molecule has 2 N–H and O–H groups in total. The normalized spacial score (nSPS) is 10.8. The van der Waals surface area contributed by atoms with E-state index in [-0.39, 0.29) is 18.0 Å². The van der Waals surface area contributed by atoms with Gasteiger partial charge in [-0.25, -0.2) is 9.48 Å². The molecule has 2 heterocycles. The van der Waals surface area contributed by atoms with E-state index in [1.807, 2.05) is 13.0 Å². The Hall–Kier alpha value is -3.33. The summed E-state index contributed by atoms with van der Waals surface area (Å²) in [6.45, 7) is 5.55. The van der Waals surface area contributed by atoms with Crippen LogP contribution in [0.2, 0.25) is 5.02 Å². The largest absolute Gasteiger partial charge is 0.477 e. The van der Waals surface area contributed by atoms with Gasteiger partial charge in [-0.05, 0) is 44.5 Å². The van der Waals surface area contributed by atoms with E-state index in [0.717, 1.165) is 10.2 Å². The van der Waals surface area contributed by atoms with E-state index in [1.54, 1.807) is 30.7 Å². The Morgan fingerprint density at radius 3 is 2.66 bits per heavy atom. The number of aromatic carboxylic acids is 1. The molecule has 0 radical (unpaired) electrons. The molecule has 152 valence electrons. The Morgan fingerprint density at radius 2 is 2.00 bits per heavy atom. The molecule has 0 atom stereocenters. The molecular weight excluding hydrogens is 398 g/mol. The van der Waals surface area contributed by atoms with Crippen LogP contribution < -0.4 is 10.1 Å². The summed E-state index contributed by atoms with van der Waals surface area (Å²) >= 11 is 6.02. The number of carbonyl (C=O) groups excluding carboxylic acids is 1. The molecule has 3 aromatic rings. The van der Waals surface area contributed by atoms with Crippen LogP contribution in [0.25, 0.3) is 0 Å². The Morgan fingerprint density at radius 1 is 1.28 bits per heavy atom. The lowest BCUT2D eigenvalue weighted by atomic mass is 10.2. The maximum atomic E-state index is 12.6. The van der Waals surface area contributed by atoms with Crippen molar-refractivity contribution in [3.63, 3.8) is 0 Å². The van der Waals surface area contributed by atoms with Crippen LogP contribution in [-0.4, -0.2) is 36.5 Å². The number of amides is 1. The van der Waals surface area contributed by atoms with Gasteiger partial charge in [0.05, 0.1) is 28.8 Å². The quantitative estimate of drug-likeness (QED) is 0.637. The number of carboxylic acids is 1. The standard InChI is InChI=1S/C19H20ClN5O4/c1-10-7-13(5-6-15(10)20)29-9-25-12(3)16(11(2)23-25)22-18(26)14-8-21-24(4)17(14)19(27)28/h5-8H,9H2,1-4H3,(H,22,26)(H,27,28). The first kappa shape index (κ1) is 20.4. The molecule has 0 aliphatic rings. The molecule has 0 unspecified atom stereocenters. The van der Waals surface area contributed by atoms with E-state index in [2.05, 4.69) is 15.5 Å². The van der Waals surface area contributed by atoms with Crippen molar-refractivity contribution in [3.05, 3.63) is 57.6 Å². The molecule has 0 aliphatic carbocycles. The third kappa shape index (κ3) is 4.09. The predicted molar refractivity (Wildman–Crippen MR) is 107 cm³/mol. The first-order chi connectivity index (χ1) is 13.7. The van der Waals surface area contributed by atoms with Crippen molar-refractivity contribution in [2.45, 2.75) is 27.5 Å². The molecule has 3 rings (SSSR count). The zero-order chi connectivity index (χ0) is 21.3. The molecule has 10 heteroatoms. The summed E-state index contributed by atoms with van der Waals surface area (Å²) in [5, 5.41) is 20.9. The van der Waals surface area contributed by atoms with E-state index in [4.69, 9.17) is 16.3 Å². The molecule has 9 nitrogen and oxygen atoms in total. The van der Waals surface area contributed by atoms with Crippen molar-refractivity contribution in [1.29, 1.82) is 0 Å². The van der Waals surface area contributed by atoms with Crippen molar-refractivity contribution >= 4 is 29.2 Å². The summed E-state index contributed by atoms with van der Waals surface area (Å²) in [6.07, 6.45) is 1.22. The number of halogens is 1. The Labute approximate surface area is 171 Å². The third-order valence-corrected chi connectivity index (χ3v) is 4.91. The zero-order valence-corrected chi connectivity index (χ0v) is 17.1. The molecule has 0 saturated heterocycles. The van der Waals surface area contributed by atoms with Gasteiger partial charge in [0.15, 0.2) is 12.4 Å². The van der Waals surface area contributed by atoms with Crippen molar-refractivity contribution in [3.8, 4) is 5.75 Å². The van der Waals surface area contributed by atoms with Gasteiger partial charge in [-0.15, -0.1) is 0 Å². The number of carboxylic acid groups (broad SMARTS) is 1. The summed E-state index contributed by atoms with van der Waals surface area (Å²) in [4.78, 5) is 24.0. The average molecular weight is 418 g/mol. The number of aromatic nitrogens is 4. The molecule has 0 fully saturated rings. The van der Waals surface area contributed by atoms with Gasteiger partial charge < -0.3 is 15.2 Å². The smallest absolute Gasteiger partial charge is 0.354 e. The summed E-state index contributed by atoms with van der Waals surface area (Å²) in [5.41, 5.74) is 2.42. The first-order valence-corrected chi connectivity index (χ1v) is 9.06. The van der Waals surface area contributed by atoms with E-state index >= 15 is 0 Å². The van der Waals surface area contributed by atoms with Crippen molar-refractivity contribution in [2.75, 3.05) is 5.32 Å². The summed E-state index contributed by atoms with van der Waals surface area (Å²) in [7, 11) is 1.46. The summed E-state index contributed by atoms with van der Waals surface area (Å²) in [5.74, 6) is -1.16. The number of hydrogen-bond donors (Lipinski definition) is 2. The fourth-order valence-corrected chi connectivity index (χ4v) is 3.00. The van der Waals surface area contributed by atoms with Gasteiger partial charge in [0.2, 0.25) is 0 Å². The van der Waals surface area contributed by atoms with Gasteiger partial charge in [-0.2, -0.15) is 10.2 Å². The SMILES string of the molecule is Cc1cc(OCn2nc(C)c(NC(=O)c3cnn(C)c3C(=O)O)c2C)ccc1Cl. The second-order valence-electron chi connectivity index (χ2n) is 6.52. The second kappa shape index (κ2) is 7.96. The predicted octanol–water partition coefficient (Wildman–Crippen LogP) is 3.18. The topological polar surface area (TPSA) is 111 Å². The molecular formula is C19H20ClN5O4. The maximum absolute atomic E-state index is 12.6. The molecule has 1 amide bonds. The fourth-order valence-electron chi connectivity index (χ4n) is 2.88. The summed E-state index contributed by atoms with van der Waals surface area (Å²) in [6, 6.07) is 5.35. The van der Waals surface area contributed by atoms with Crippen LogP contribution in [0.4, 0.5) is 5.69 Å². The van der Waals surface area contributed by atoms with Gasteiger partial charge in [0, 0.05) is 12.1 Å². The number of aryl methyl sites for hydroxylation is 3. The van der Waals surface area contributed by atoms with Crippen LogP contribution >= 0.6 is 11.6 Å². The van der Waals surface area contributed by atoms with Gasteiger partial charge in [-0.3, -0.25) is 9.48 Å². The molecule has 0 spiro atoms. The highest BCUT2D eigenvalue weighted by atomic mass is 35.5. The number of rotatable bonds is 6. The second-order valence-corrected chi connectivity index (χ2v) is 6.93. The Balaban J connectivity index is 1.78. The van der Waals surface area contributed by atoms with Crippen LogP contribution in [0.3, 0.4) is 0 Å². The summed E-state index contributed by atoms with van der Waals surface area (Å²) < 4.78 is 8.51. The maximum Gasteiger partial charge on any atom is 0.354 e. The van der Waals surface area contributed by atoms with Gasteiger partial charge in [-0.1, -0.05) is 11.6 Å². The fraction of sp³-hybridized carbons (Fsp3) is 0.263. The minimum absolute atomic E-state index is 0.0283. The van der Waals surface area contributed by atoms with Crippen molar-refractivity contribution in [2.24, 2.45) is 7.05 Å². The number of nitrogens with one attached hydrogen (secondary N) is 1. The van der Waals surface area contributed by atoms with Crippen molar-refractivity contribution < 1.29 is 19.4 Å². The highest BCUT2D eigenvalue weighted by molar-refractivity contribution is 6.31. The molecule has 0 saturated carbocycles.